The van der Waals surface area contributed by atoms with Crippen molar-refractivity contribution in [2.24, 2.45) is 0 Å². The van der Waals surface area contributed by atoms with E-state index >= 15 is 0 Å². The zero-order chi connectivity index (χ0) is 14.2. The maximum atomic E-state index is 11.7. The third-order valence-electron chi connectivity index (χ3n) is 2.74. The van der Waals surface area contributed by atoms with E-state index in [1.807, 2.05) is 19.1 Å². The molecule has 0 saturated carbocycles. The van der Waals surface area contributed by atoms with Crippen LogP contribution in [0.4, 0.5) is 5.82 Å². The van der Waals surface area contributed by atoms with Crippen LogP contribution in [0.15, 0.2) is 18.2 Å². The highest BCUT2D eigenvalue weighted by Gasteiger charge is 2.15. The van der Waals surface area contributed by atoms with Crippen molar-refractivity contribution < 1.29 is 4.79 Å². The van der Waals surface area contributed by atoms with Gasteiger partial charge >= 0.3 is 0 Å². The minimum absolute atomic E-state index is 0.00506. The third kappa shape index (κ3) is 2.89. The van der Waals surface area contributed by atoms with E-state index in [1.54, 1.807) is 13.0 Å². The van der Waals surface area contributed by atoms with Crippen molar-refractivity contribution in [2.45, 2.75) is 40.2 Å². The fraction of sp³-hybridized carbons (Fsp3) is 0.400. The minimum atomic E-state index is -0.0989. The summed E-state index contributed by atoms with van der Waals surface area (Å²) in [5.74, 6) is 0.735. The SMILES string of the molecule is CC(=O)c1cccc2nc(C)c(NC(C)(C)C)nc12. The van der Waals surface area contributed by atoms with Crippen molar-refractivity contribution >= 4 is 22.6 Å². The average Bonchev–Trinajstić information content (AvgIpc) is 2.27. The standard InChI is InChI=1S/C15H19N3O/c1-9-14(18-15(3,4)5)17-13-11(10(2)19)7-6-8-12(13)16-9/h6-8H,1-5H3,(H,17,18). The first-order valence-corrected chi connectivity index (χ1v) is 6.34. The van der Waals surface area contributed by atoms with Gasteiger partial charge in [0, 0.05) is 11.1 Å². The summed E-state index contributed by atoms with van der Waals surface area (Å²) in [6.07, 6.45) is 0. The summed E-state index contributed by atoms with van der Waals surface area (Å²) >= 11 is 0. The lowest BCUT2D eigenvalue weighted by Crippen LogP contribution is -2.27. The smallest absolute Gasteiger partial charge is 0.162 e. The highest BCUT2D eigenvalue weighted by molar-refractivity contribution is 6.04. The van der Waals surface area contributed by atoms with Gasteiger partial charge in [-0.25, -0.2) is 9.97 Å². The first kappa shape index (κ1) is 13.5. The summed E-state index contributed by atoms with van der Waals surface area (Å²) in [4.78, 5) is 20.8. The second-order valence-electron chi connectivity index (χ2n) is 5.76. The number of carbonyl (C=O) groups excluding carboxylic acids is 1. The molecule has 0 aliphatic heterocycles. The molecule has 0 aliphatic rings. The van der Waals surface area contributed by atoms with Crippen LogP contribution in [0.5, 0.6) is 0 Å². The molecule has 1 heterocycles. The topological polar surface area (TPSA) is 54.9 Å². The van der Waals surface area contributed by atoms with Gasteiger partial charge in [0.15, 0.2) is 5.78 Å². The van der Waals surface area contributed by atoms with Crippen molar-refractivity contribution in [3.05, 3.63) is 29.5 Å². The highest BCUT2D eigenvalue weighted by Crippen LogP contribution is 2.22. The average molecular weight is 257 g/mol. The number of Topliss-reactive ketones (excluding diaryl/α,β-unsaturated/α-hetero) is 1. The lowest BCUT2D eigenvalue weighted by molar-refractivity contribution is 0.101. The number of nitrogens with zero attached hydrogens (tertiary/aromatic N) is 2. The number of hydrogen-bond acceptors (Lipinski definition) is 4. The molecule has 19 heavy (non-hydrogen) atoms. The summed E-state index contributed by atoms with van der Waals surface area (Å²) < 4.78 is 0. The number of benzene rings is 1. The predicted molar refractivity (Wildman–Crippen MR) is 77.7 cm³/mol. The number of nitrogens with one attached hydrogen (secondary N) is 1. The maximum Gasteiger partial charge on any atom is 0.162 e. The number of aromatic nitrogens is 2. The van der Waals surface area contributed by atoms with Gasteiger partial charge in [-0.1, -0.05) is 6.07 Å². The van der Waals surface area contributed by atoms with Crippen LogP contribution in [0.25, 0.3) is 11.0 Å². The zero-order valence-corrected chi connectivity index (χ0v) is 12.0. The summed E-state index contributed by atoms with van der Waals surface area (Å²) in [6.45, 7) is 9.66. The van der Waals surface area contributed by atoms with E-state index in [0.717, 1.165) is 17.0 Å². The van der Waals surface area contributed by atoms with E-state index in [1.165, 1.54) is 0 Å². The number of rotatable bonds is 2. The molecule has 0 fully saturated rings. The van der Waals surface area contributed by atoms with E-state index < -0.39 is 0 Å². The van der Waals surface area contributed by atoms with Gasteiger partial charge in [0.25, 0.3) is 0 Å². The molecule has 0 bridgehead atoms. The molecule has 0 aliphatic carbocycles. The van der Waals surface area contributed by atoms with Crippen LogP contribution in [0.1, 0.15) is 43.7 Å². The maximum absolute atomic E-state index is 11.7. The minimum Gasteiger partial charge on any atom is -0.364 e. The molecular weight excluding hydrogens is 238 g/mol. The van der Waals surface area contributed by atoms with Gasteiger partial charge in [-0.15, -0.1) is 0 Å². The molecule has 0 spiro atoms. The molecule has 2 aromatic rings. The van der Waals surface area contributed by atoms with Gasteiger partial charge in [-0.3, -0.25) is 4.79 Å². The van der Waals surface area contributed by atoms with Crippen molar-refractivity contribution in [3.63, 3.8) is 0 Å². The number of fused-ring (bicyclic) bond motifs is 1. The molecule has 1 N–H and O–H groups in total. The van der Waals surface area contributed by atoms with Gasteiger partial charge in [-0.05, 0) is 46.8 Å². The first-order chi connectivity index (χ1) is 8.78. The van der Waals surface area contributed by atoms with Crippen LogP contribution in [0, 0.1) is 6.92 Å². The Morgan fingerprint density at radius 2 is 1.89 bits per heavy atom. The lowest BCUT2D eigenvalue weighted by Gasteiger charge is -2.22. The Morgan fingerprint density at radius 1 is 1.21 bits per heavy atom. The third-order valence-corrected chi connectivity index (χ3v) is 2.74. The van der Waals surface area contributed by atoms with E-state index in [2.05, 4.69) is 36.1 Å². The van der Waals surface area contributed by atoms with Crippen LogP contribution in [-0.4, -0.2) is 21.3 Å². The normalized spacial score (nSPS) is 11.6. The Morgan fingerprint density at radius 3 is 2.47 bits per heavy atom. The number of para-hydroxylation sites is 1. The quantitative estimate of drug-likeness (QED) is 0.838. The summed E-state index contributed by atoms with van der Waals surface area (Å²) in [7, 11) is 0. The van der Waals surface area contributed by atoms with E-state index in [9.17, 15) is 4.79 Å². The van der Waals surface area contributed by atoms with Crippen molar-refractivity contribution in [2.75, 3.05) is 5.32 Å². The predicted octanol–water partition coefficient (Wildman–Crippen LogP) is 3.35. The van der Waals surface area contributed by atoms with Crippen LogP contribution in [-0.2, 0) is 0 Å². The summed E-state index contributed by atoms with van der Waals surface area (Å²) in [5.41, 5.74) is 2.76. The van der Waals surface area contributed by atoms with Gasteiger partial charge in [0.05, 0.1) is 11.2 Å². The van der Waals surface area contributed by atoms with Crippen LogP contribution in [0.2, 0.25) is 0 Å². The second kappa shape index (κ2) is 4.61. The monoisotopic (exact) mass is 257 g/mol. The van der Waals surface area contributed by atoms with Crippen molar-refractivity contribution in [1.82, 2.24) is 9.97 Å². The van der Waals surface area contributed by atoms with Gasteiger partial charge in [0.2, 0.25) is 0 Å². The Balaban J connectivity index is 2.65. The van der Waals surface area contributed by atoms with Gasteiger partial charge in [0.1, 0.15) is 11.3 Å². The first-order valence-electron chi connectivity index (χ1n) is 6.34. The second-order valence-corrected chi connectivity index (χ2v) is 5.76. The molecule has 0 amide bonds. The lowest BCUT2D eigenvalue weighted by atomic mass is 10.1. The van der Waals surface area contributed by atoms with Crippen LogP contribution in [0.3, 0.4) is 0 Å². The van der Waals surface area contributed by atoms with Crippen molar-refractivity contribution in [3.8, 4) is 0 Å². The molecule has 0 unspecified atom stereocenters. The fourth-order valence-corrected chi connectivity index (χ4v) is 1.92. The molecule has 0 saturated heterocycles. The number of ketones is 1. The largest absolute Gasteiger partial charge is 0.364 e. The molecule has 0 atom stereocenters. The molecule has 100 valence electrons. The molecular formula is C15H19N3O. The molecule has 4 heteroatoms. The van der Waals surface area contributed by atoms with E-state index in [0.29, 0.717) is 11.1 Å². The number of carbonyl (C=O) groups is 1. The zero-order valence-electron chi connectivity index (χ0n) is 12.0. The Labute approximate surface area is 113 Å². The summed E-state index contributed by atoms with van der Waals surface area (Å²) in [6, 6.07) is 5.50. The molecule has 4 nitrogen and oxygen atoms in total. The highest BCUT2D eigenvalue weighted by atomic mass is 16.1. The Kier molecular flexibility index (Phi) is 3.27. The van der Waals surface area contributed by atoms with Gasteiger partial charge < -0.3 is 5.32 Å². The fourth-order valence-electron chi connectivity index (χ4n) is 1.92. The Bertz CT molecular complexity index is 642. The number of anilines is 1. The molecule has 1 aromatic heterocycles. The Hall–Kier alpha value is -1.97. The summed E-state index contributed by atoms with van der Waals surface area (Å²) in [5, 5.41) is 3.32. The number of hydrogen-bond donors (Lipinski definition) is 1. The van der Waals surface area contributed by atoms with Crippen molar-refractivity contribution in [1.29, 1.82) is 0 Å². The van der Waals surface area contributed by atoms with Crippen LogP contribution < -0.4 is 5.32 Å². The van der Waals surface area contributed by atoms with E-state index in [4.69, 9.17) is 0 Å². The number of aryl methyl sites for hydroxylation is 1. The molecule has 1 aromatic carbocycles. The van der Waals surface area contributed by atoms with Crippen LogP contribution >= 0.6 is 0 Å². The van der Waals surface area contributed by atoms with E-state index in [-0.39, 0.29) is 11.3 Å². The van der Waals surface area contributed by atoms with Gasteiger partial charge in [-0.2, -0.15) is 0 Å². The molecule has 0 radical (unpaired) electrons. The molecule has 2 rings (SSSR count).